The fourth-order valence-corrected chi connectivity index (χ4v) is 21.3. The summed E-state index contributed by atoms with van der Waals surface area (Å²) in [6, 6.07) is 37.7. The van der Waals surface area contributed by atoms with Crippen LogP contribution in [0.2, 0.25) is 0 Å². The quantitative estimate of drug-likeness (QED) is 0.0252. The number of ether oxygens (including phenoxy) is 6. The minimum atomic E-state index is -1.52. The van der Waals surface area contributed by atoms with E-state index in [1.165, 1.54) is 14.1 Å². The summed E-state index contributed by atoms with van der Waals surface area (Å²) in [5.74, 6) is -6.92. The van der Waals surface area contributed by atoms with Gasteiger partial charge < -0.3 is 59.3 Å². The van der Waals surface area contributed by atoms with Gasteiger partial charge in [-0.05, 0) is 95.9 Å². The Labute approximate surface area is 614 Å². The number of hydroxylamine groups is 2. The van der Waals surface area contributed by atoms with Gasteiger partial charge in [-0.1, -0.05) is 204 Å². The van der Waals surface area contributed by atoms with Crippen LogP contribution in [0.3, 0.4) is 0 Å². The van der Waals surface area contributed by atoms with Gasteiger partial charge in [-0.15, -0.1) is 0 Å². The molecular formula is C84H114N2O18. The lowest BCUT2D eigenvalue weighted by Crippen LogP contribution is -2.74. The molecule has 0 spiro atoms. The predicted octanol–water partition coefficient (Wildman–Crippen LogP) is 11.5. The van der Waals surface area contributed by atoms with Gasteiger partial charge in [0.1, 0.15) is 29.9 Å². The molecule has 0 radical (unpaired) electrons. The standard InChI is InChI=1S/2C41H52O8.2CH5NO/c1-9-31(43)49-34(32(26-16-12-10-13-17-26)27-18-14-11-15-19-27)37(45)48-28-21-41(46)25(4)35-39(7)22-47-30(39)20-29(42)40(35,8)36(44)24(3)33(23(28)2)38(41,5)6;1-9-31(42)49-30-20-29-39(7,22-47-29)35-25(4)41(46)21-28(23(2)33(38(41,5)6)24(3)36(44)40(30,35)8)48-37(45)34(43)32(26-16-12-10-13-17-26)27-18-14-11-15-19-27;2*1-2-3/h10-19,24-25,28-30,32,34-35,42,46H,9,20-22H2,1-8H3;10-19,24-25,28-30,32,34-35,43,46H,9,20-22H2,1-8H3;2*2-3H,1H3/t24-,25+,28+,29+,30-,34-,35-,39-,40-,41-;24-,25+,28+,29-,30+,34-,35-,39-,40-,41-;;/m11../s1. The van der Waals surface area contributed by atoms with Crippen LogP contribution in [0.25, 0.3) is 0 Å². The van der Waals surface area contributed by atoms with Gasteiger partial charge in [-0.3, -0.25) is 19.2 Å². The molecule has 6 fully saturated rings. The van der Waals surface area contributed by atoms with Crippen molar-refractivity contribution in [2.45, 2.75) is 221 Å². The summed E-state index contributed by atoms with van der Waals surface area (Å²) < 4.78 is 36.7. The maximum atomic E-state index is 15.1. The van der Waals surface area contributed by atoms with Crippen LogP contribution < -0.4 is 11.0 Å². The molecule has 8 N–H and O–H groups in total. The minimum absolute atomic E-state index is 0.0467. The summed E-state index contributed by atoms with van der Waals surface area (Å²) >= 11 is 0. The molecule has 2 aliphatic heterocycles. The first-order valence-corrected chi connectivity index (χ1v) is 37.1. The lowest BCUT2D eigenvalue weighted by molar-refractivity contribution is -0.303. The van der Waals surface area contributed by atoms with E-state index in [0.29, 0.717) is 37.2 Å². The number of carbonyl (C=O) groups is 6. The number of carbonyl (C=O) groups excluding carboxylic acids is 6. The highest BCUT2D eigenvalue weighted by molar-refractivity contribution is 5.92. The van der Waals surface area contributed by atoms with Gasteiger partial charge in [0.2, 0.25) is 6.10 Å². The number of aliphatic hydroxyl groups is 4. The molecule has 4 saturated carbocycles. The third-order valence-corrected chi connectivity index (χ3v) is 26.5. The summed E-state index contributed by atoms with van der Waals surface area (Å²) in [5.41, 5.74) is 1.83. The van der Waals surface area contributed by atoms with Gasteiger partial charge in [0.25, 0.3) is 0 Å². The summed E-state index contributed by atoms with van der Waals surface area (Å²) in [6.07, 6.45) is -5.41. The fourth-order valence-electron chi connectivity index (χ4n) is 21.3. The van der Waals surface area contributed by atoms with Crippen LogP contribution >= 0.6 is 0 Å². The number of nitrogens with one attached hydrogen (secondary N) is 2. The van der Waals surface area contributed by atoms with E-state index in [0.717, 1.165) is 33.4 Å². The van der Waals surface area contributed by atoms with Crippen molar-refractivity contribution in [3.05, 3.63) is 166 Å². The summed E-state index contributed by atoms with van der Waals surface area (Å²) in [4.78, 5) is 84.0. The van der Waals surface area contributed by atoms with Gasteiger partial charge in [-0.2, -0.15) is 0 Å². The molecule has 0 amide bonds. The zero-order chi connectivity index (χ0) is 76.8. The van der Waals surface area contributed by atoms with E-state index in [1.807, 2.05) is 204 Å². The number of benzene rings is 4. The molecule has 20 heteroatoms. The van der Waals surface area contributed by atoms with Crippen LogP contribution in [-0.4, -0.2) is 154 Å². The van der Waals surface area contributed by atoms with E-state index < -0.39 is 146 Å². The van der Waals surface area contributed by atoms with E-state index in [1.54, 1.807) is 24.8 Å². The SMILES string of the molecule is CCC(=O)O[C@@H](C(=O)O[C@H]1C[C@@]2(O)[C@@H](C)[C@@H]3[C@]4(C)CO[C@@H]4C[C@H](O)[C@@]3(C)C(=O)[C@H](C)C(=C1C)C2(C)C)C(c1ccccc1)c1ccccc1.CCC(=O)O[C@H]1C[C@H]2OC[C@@]2(C)[C@H]2[C@H](C)[C@]3(O)C[C@H](OC(=O)[C@H](O)C(c4ccccc4)c4ccccc4)C(C)=C([C@@H](C)C(=O)[C@]12C)C3(C)C.CNO.CNO. The third kappa shape index (κ3) is 13.6. The van der Waals surface area contributed by atoms with Crippen molar-refractivity contribution in [2.75, 3.05) is 27.3 Å². The van der Waals surface area contributed by atoms with Gasteiger partial charge in [0.05, 0.1) is 59.5 Å². The third-order valence-electron chi connectivity index (χ3n) is 26.5. The molecular weight excluding hydrogens is 1320 g/mol. The normalized spacial score (nSPS) is 35.4. The van der Waals surface area contributed by atoms with Crippen molar-refractivity contribution in [2.24, 2.45) is 68.0 Å². The number of ketones is 2. The second-order valence-corrected chi connectivity index (χ2v) is 32.5. The molecule has 568 valence electrons. The zero-order valence-electron chi connectivity index (χ0n) is 64.0. The van der Waals surface area contributed by atoms with Crippen molar-refractivity contribution in [1.82, 2.24) is 11.0 Å². The van der Waals surface area contributed by atoms with Crippen molar-refractivity contribution in [3.8, 4) is 0 Å². The highest BCUT2D eigenvalue weighted by atomic mass is 16.6. The first kappa shape index (κ1) is 81.3. The number of hydrogen-bond donors (Lipinski definition) is 8. The van der Waals surface area contributed by atoms with Crippen LogP contribution in [0.15, 0.2) is 144 Å². The molecule has 104 heavy (non-hydrogen) atoms. The van der Waals surface area contributed by atoms with Gasteiger partial charge in [-0.25, -0.2) is 20.5 Å². The topological polar surface area (TPSA) is 303 Å². The monoisotopic (exact) mass is 1440 g/mol. The largest absolute Gasteiger partial charge is 0.461 e. The first-order valence-electron chi connectivity index (χ1n) is 37.1. The van der Waals surface area contributed by atoms with E-state index in [4.69, 9.17) is 38.8 Å². The highest BCUT2D eigenvalue weighted by Crippen LogP contribution is 2.70. The second-order valence-electron chi connectivity index (χ2n) is 32.5. The highest BCUT2D eigenvalue weighted by Gasteiger charge is 2.75. The van der Waals surface area contributed by atoms with Gasteiger partial charge in [0, 0.05) is 92.0 Å². The molecule has 4 aromatic carbocycles. The summed E-state index contributed by atoms with van der Waals surface area (Å²) in [5, 5.41) is 64.2. The maximum absolute atomic E-state index is 15.1. The van der Waals surface area contributed by atoms with Crippen molar-refractivity contribution >= 4 is 35.4 Å². The van der Waals surface area contributed by atoms with E-state index >= 15 is 4.79 Å². The van der Waals surface area contributed by atoms with Crippen LogP contribution in [0.4, 0.5) is 0 Å². The van der Waals surface area contributed by atoms with E-state index in [-0.39, 0.29) is 55.4 Å². The Bertz CT molecular complexity index is 3730. The molecule has 4 aromatic rings. The molecule has 20 nitrogen and oxygen atoms in total. The molecule has 0 aromatic heterocycles. The Morgan fingerprint density at radius 1 is 0.529 bits per heavy atom. The Morgan fingerprint density at radius 3 is 1.24 bits per heavy atom. The Hall–Kier alpha value is -6.82. The fraction of sp³-hybridized carbons (Fsp3) is 0.595. The summed E-state index contributed by atoms with van der Waals surface area (Å²) in [6.45, 7) is 31.7. The predicted molar refractivity (Wildman–Crippen MR) is 390 cm³/mol. The lowest BCUT2D eigenvalue weighted by atomic mass is 9.40. The van der Waals surface area contributed by atoms with Crippen molar-refractivity contribution < 1.29 is 88.0 Å². The summed E-state index contributed by atoms with van der Waals surface area (Å²) in [7, 11) is 2.86. The molecule has 8 aliphatic rings. The van der Waals surface area contributed by atoms with Gasteiger partial charge >= 0.3 is 23.9 Å². The minimum Gasteiger partial charge on any atom is -0.461 e. The van der Waals surface area contributed by atoms with Crippen LogP contribution in [-0.2, 0) is 57.2 Å². The zero-order valence-corrected chi connectivity index (χ0v) is 64.0. The number of fused-ring (bicyclic) bond motifs is 10. The van der Waals surface area contributed by atoms with Gasteiger partial charge in [0.15, 0.2) is 6.10 Å². The molecule has 12 rings (SSSR count). The maximum Gasteiger partial charge on any atom is 0.349 e. The number of aliphatic hydroxyl groups excluding tert-OH is 2. The van der Waals surface area contributed by atoms with E-state index in [2.05, 4.69) is 13.8 Å². The number of rotatable bonds is 14. The van der Waals surface area contributed by atoms with Crippen LogP contribution in [0, 0.1) is 68.0 Å². The average molecular weight is 1440 g/mol. The first-order chi connectivity index (χ1) is 48.9. The smallest absolute Gasteiger partial charge is 0.349 e. The average Bonchev–Trinajstić information content (AvgIpc) is 0.680. The van der Waals surface area contributed by atoms with Crippen molar-refractivity contribution in [1.29, 1.82) is 0 Å². The van der Waals surface area contributed by atoms with E-state index in [9.17, 15) is 44.4 Å². The molecule has 4 bridgehead atoms. The molecule has 0 unspecified atom stereocenters. The number of hydrogen-bond acceptors (Lipinski definition) is 20. The Morgan fingerprint density at radius 2 is 0.875 bits per heavy atom. The second kappa shape index (κ2) is 31.2. The number of Topliss-reactive ketones (excluding diaryl/α,β-unsaturated/α-hetero) is 2. The molecule has 20 atom stereocenters. The number of esters is 4. The van der Waals surface area contributed by atoms with Crippen LogP contribution in [0.1, 0.15) is 183 Å². The molecule has 2 heterocycles. The molecule has 2 saturated heterocycles. The molecule has 6 aliphatic carbocycles. The Balaban J connectivity index is 0.000000224. The Kier molecular flexibility index (Phi) is 24.4. The van der Waals surface area contributed by atoms with Crippen molar-refractivity contribution in [3.63, 3.8) is 0 Å². The van der Waals surface area contributed by atoms with Crippen LogP contribution in [0.5, 0.6) is 0 Å². The lowest BCUT2D eigenvalue weighted by Gasteiger charge is -2.69.